The van der Waals surface area contributed by atoms with Crippen molar-refractivity contribution in [2.24, 2.45) is 0 Å². The van der Waals surface area contributed by atoms with Crippen LogP contribution in [-0.4, -0.2) is 19.1 Å². The smallest absolute Gasteiger partial charge is 0.228 e. The predicted octanol–water partition coefficient (Wildman–Crippen LogP) is 3.17. The number of nitrogens with one attached hydrogen (secondary N) is 1. The van der Waals surface area contributed by atoms with Crippen molar-refractivity contribution in [2.75, 3.05) is 18.5 Å². The first-order chi connectivity index (χ1) is 10.7. The third kappa shape index (κ3) is 3.55. The number of anilines is 1. The summed E-state index contributed by atoms with van der Waals surface area (Å²) in [5.41, 5.74) is 1.26. The van der Waals surface area contributed by atoms with Gasteiger partial charge < -0.3 is 14.8 Å². The molecular weight excluding hydrogens is 285 g/mol. The Morgan fingerprint density at radius 3 is 2.73 bits per heavy atom. The number of hydrogen-bond donors (Lipinski definition) is 1. The summed E-state index contributed by atoms with van der Waals surface area (Å²) in [6, 6.07) is 11.3. The quantitative estimate of drug-likeness (QED) is 0.947. The Labute approximate surface area is 127 Å². The van der Waals surface area contributed by atoms with Crippen LogP contribution < -0.4 is 14.8 Å². The Kier molecular flexibility index (Phi) is 4.23. The van der Waals surface area contributed by atoms with Crippen LogP contribution in [0.5, 0.6) is 11.5 Å². The van der Waals surface area contributed by atoms with Gasteiger partial charge in [0.15, 0.2) is 11.5 Å². The molecule has 0 saturated heterocycles. The topological polar surface area (TPSA) is 47.6 Å². The molecule has 2 aromatic carbocycles. The highest BCUT2D eigenvalue weighted by molar-refractivity contribution is 5.92. The van der Waals surface area contributed by atoms with E-state index >= 15 is 0 Å². The van der Waals surface area contributed by atoms with E-state index in [1.807, 2.05) is 18.2 Å². The molecule has 5 heteroatoms. The molecule has 1 aliphatic heterocycles. The van der Waals surface area contributed by atoms with Gasteiger partial charge in [-0.25, -0.2) is 4.39 Å². The second kappa shape index (κ2) is 6.47. The van der Waals surface area contributed by atoms with Crippen molar-refractivity contribution in [3.8, 4) is 11.5 Å². The first-order valence-electron chi connectivity index (χ1n) is 7.15. The summed E-state index contributed by atoms with van der Waals surface area (Å²) in [7, 11) is 0. The molecule has 0 atom stereocenters. The molecule has 114 valence electrons. The zero-order valence-corrected chi connectivity index (χ0v) is 12.0. The molecule has 2 aromatic rings. The van der Waals surface area contributed by atoms with Gasteiger partial charge in [0, 0.05) is 12.1 Å². The van der Waals surface area contributed by atoms with E-state index in [1.165, 1.54) is 12.1 Å². The van der Waals surface area contributed by atoms with Crippen LogP contribution in [0.3, 0.4) is 0 Å². The first kappa shape index (κ1) is 14.4. The minimum absolute atomic E-state index is 0.188. The van der Waals surface area contributed by atoms with E-state index in [4.69, 9.17) is 9.47 Å². The van der Waals surface area contributed by atoms with E-state index in [0.29, 0.717) is 30.4 Å². The molecule has 0 aromatic heterocycles. The molecule has 0 bridgehead atoms. The van der Waals surface area contributed by atoms with Crippen LogP contribution in [0.25, 0.3) is 0 Å². The summed E-state index contributed by atoms with van der Waals surface area (Å²) < 4.78 is 24.2. The standard InChI is InChI=1S/C17H16FNO3/c18-13-3-1-4-14(11-13)19-17(20)10-12-5-6-15-16(9-12)22-8-2-7-21-15/h1,3-6,9,11H,2,7-8,10H2,(H,19,20). The lowest BCUT2D eigenvalue weighted by atomic mass is 10.1. The van der Waals surface area contributed by atoms with Gasteiger partial charge in [-0.05, 0) is 35.9 Å². The van der Waals surface area contributed by atoms with Gasteiger partial charge in [-0.1, -0.05) is 12.1 Å². The van der Waals surface area contributed by atoms with E-state index in [2.05, 4.69) is 5.32 Å². The molecule has 1 amide bonds. The summed E-state index contributed by atoms with van der Waals surface area (Å²) >= 11 is 0. The van der Waals surface area contributed by atoms with Crippen molar-refractivity contribution in [1.82, 2.24) is 0 Å². The Morgan fingerprint density at radius 2 is 1.91 bits per heavy atom. The molecule has 4 nitrogen and oxygen atoms in total. The molecule has 0 fully saturated rings. The Morgan fingerprint density at radius 1 is 1.09 bits per heavy atom. The number of carbonyl (C=O) groups is 1. The molecule has 0 aliphatic carbocycles. The van der Waals surface area contributed by atoms with Gasteiger partial charge in [-0.15, -0.1) is 0 Å². The molecule has 0 saturated carbocycles. The fourth-order valence-corrected chi connectivity index (χ4v) is 2.27. The number of rotatable bonds is 3. The molecular formula is C17H16FNO3. The van der Waals surface area contributed by atoms with Gasteiger partial charge in [0.05, 0.1) is 19.6 Å². The van der Waals surface area contributed by atoms with E-state index in [-0.39, 0.29) is 18.1 Å². The van der Waals surface area contributed by atoms with Gasteiger partial charge in [0.1, 0.15) is 5.82 Å². The number of halogens is 1. The molecule has 0 radical (unpaired) electrons. The van der Waals surface area contributed by atoms with Gasteiger partial charge in [0.25, 0.3) is 0 Å². The summed E-state index contributed by atoms with van der Waals surface area (Å²) in [6.07, 6.45) is 1.03. The maximum absolute atomic E-state index is 13.1. The van der Waals surface area contributed by atoms with Gasteiger partial charge >= 0.3 is 0 Å². The zero-order chi connectivity index (χ0) is 15.4. The van der Waals surface area contributed by atoms with Crippen LogP contribution in [0.1, 0.15) is 12.0 Å². The number of carbonyl (C=O) groups excluding carboxylic acids is 1. The van der Waals surface area contributed by atoms with Crippen LogP contribution in [0.15, 0.2) is 42.5 Å². The third-order valence-corrected chi connectivity index (χ3v) is 3.28. The van der Waals surface area contributed by atoms with Crippen molar-refractivity contribution in [3.05, 3.63) is 53.8 Å². The van der Waals surface area contributed by atoms with Crippen molar-refractivity contribution in [3.63, 3.8) is 0 Å². The van der Waals surface area contributed by atoms with Crippen molar-refractivity contribution >= 4 is 11.6 Å². The molecule has 22 heavy (non-hydrogen) atoms. The summed E-state index contributed by atoms with van der Waals surface area (Å²) in [4.78, 5) is 12.0. The number of ether oxygens (including phenoxy) is 2. The summed E-state index contributed by atoms with van der Waals surface area (Å²) in [5.74, 6) is 0.772. The number of benzene rings is 2. The van der Waals surface area contributed by atoms with E-state index in [0.717, 1.165) is 12.0 Å². The second-order valence-corrected chi connectivity index (χ2v) is 5.07. The molecule has 3 rings (SSSR count). The highest BCUT2D eigenvalue weighted by Gasteiger charge is 2.12. The van der Waals surface area contributed by atoms with Crippen molar-refractivity contribution < 1.29 is 18.7 Å². The normalized spacial score (nSPS) is 13.3. The monoisotopic (exact) mass is 301 g/mol. The first-order valence-corrected chi connectivity index (χ1v) is 7.15. The maximum Gasteiger partial charge on any atom is 0.228 e. The molecule has 0 spiro atoms. The van der Waals surface area contributed by atoms with Crippen LogP contribution in [-0.2, 0) is 11.2 Å². The minimum atomic E-state index is -0.381. The van der Waals surface area contributed by atoms with E-state index in [1.54, 1.807) is 12.1 Å². The predicted molar refractivity (Wildman–Crippen MR) is 80.8 cm³/mol. The van der Waals surface area contributed by atoms with Gasteiger partial charge in [0.2, 0.25) is 5.91 Å². The van der Waals surface area contributed by atoms with Crippen LogP contribution in [0, 0.1) is 5.82 Å². The maximum atomic E-state index is 13.1. The van der Waals surface area contributed by atoms with E-state index in [9.17, 15) is 9.18 Å². The number of amides is 1. The van der Waals surface area contributed by atoms with Gasteiger partial charge in [-0.3, -0.25) is 4.79 Å². The summed E-state index contributed by atoms with van der Waals surface area (Å²) in [6.45, 7) is 1.23. The minimum Gasteiger partial charge on any atom is -0.490 e. The fourth-order valence-electron chi connectivity index (χ4n) is 2.27. The summed E-state index contributed by atoms with van der Waals surface area (Å²) in [5, 5.41) is 2.67. The average Bonchev–Trinajstić information content (AvgIpc) is 2.72. The molecule has 1 aliphatic rings. The van der Waals surface area contributed by atoms with Crippen LogP contribution in [0.4, 0.5) is 10.1 Å². The van der Waals surface area contributed by atoms with Crippen molar-refractivity contribution in [1.29, 1.82) is 0 Å². The Balaban J connectivity index is 1.67. The van der Waals surface area contributed by atoms with E-state index < -0.39 is 0 Å². The van der Waals surface area contributed by atoms with Crippen molar-refractivity contribution in [2.45, 2.75) is 12.8 Å². The lowest BCUT2D eigenvalue weighted by molar-refractivity contribution is -0.115. The van der Waals surface area contributed by atoms with Gasteiger partial charge in [-0.2, -0.15) is 0 Å². The fraction of sp³-hybridized carbons (Fsp3) is 0.235. The highest BCUT2D eigenvalue weighted by atomic mass is 19.1. The zero-order valence-electron chi connectivity index (χ0n) is 12.0. The number of hydrogen-bond acceptors (Lipinski definition) is 3. The number of fused-ring (bicyclic) bond motifs is 1. The molecule has 0 unspecified atom stereocenters. The highest BCUT2D eigenvalue weighted by Crippen LogP contribution is 2.30. The third-order valence-electron chi connectivity index (χ3n) is 3.28. The second-order valence-electron chi connectivity index (χ2n) is 5.07. The largest absolute Gasteiger partial charge is 0.490 e. The molecule has 1 N–H and O–H groups in total. The molecule has 1 heterocycles. The Hall–Kier alpha value is -2.56. The van der Waals surface area contributed by atoms with Crippen LogP contribution >= 0.6 is 0 Å². The van der Waals surface area contributed by atoms with Crippen LogP contribution in [0.2, 0.25) is 0 Å². The SMILES string of the molecule is O=C(Cc1ccc2c(c1)OCCCO2)Nc1cccc(F)c1. The Bertz CT molecular complexity index is 687. The lowest BCUT2D eigenvalue weighted by Gasteiger charge is -2.10. The lowest BCUT2D eigenvalue weighted by Crippen LogP contribution is -2.14. The average molecular weight is 301 g/mol.